The van der Waals surface area contributed by atoms with Gasteiger partial charge >= 0.3 is 0 Å². The molecule has 0 amide bonds. The Bertz CT molecular complexity index is 198. The van der Waals surface area contributed by atoms with Crippen molar-refractivity contribution < 1.29 is 8.78 Å². The van der Waals surface area contributed by atoms with Crippen molar-refractivity contribution in [3.8, 4) is 0 Å². The molecule has 1 unspecified atom stereocenters. The molecule has 0 aromatic heterocycles. The molecule has 82 valence electrons. The van der Waals surface area contributed by atoms with Crippen molar-refractivity contribution >= 4 is 0 Å². The van der Waals surface area contributed by atoms with Crippen molar-refractivity contribution in [2.24, 2.45) is 5.73 Å². The first kappa shape index (κ1) is 10.3. The lowest BCUT2D eigenvalue weighted by molar-refractivity contribution is -0.0516. The molecule has 2 rings (SSSR count). The van der Waals surface area contributed by atoms with Crippen LogP contribution in [0.3, 0.4) is 0 Å². The number of halogens is 2. The topological polar surface area (TPSA) is 29.3 Å². The van der Waals surface area contributed by atoms with Crippen molar-refractivity contribution in [1.29, 1.82) is 0 Å². The molecule has 0 spiro atoms. The van der Waals surface area contributed by atoms with Crippen LogP contribution >= 0.6 is 0 Å². The van der Waals surface area contributed by atoms with Gasteiger partial charge in [-0.3, -0.25) is 4.90 Å². The molecule has 1 aliphatic heterocycles. The van der Waals surface area contributed by atoms with E-state index in [1.54, 1.807) is 0 Å². The van der Waals surface area contributed by atoms with Crippen LogP contribution in [0.1, 0.15) is 32.1 Å². The molecule has 0 aromatic rings. The third kappa shape index (κ3) is 2.23. The minimum Gasteiger partial charge on any atom is -0.326 e. The first-order chi connectivity index (χ1) is 6.57. The van der Waals surface area contributed by atoms with Gasteiger partial charge < -0.3 is 5.73 Å². The third-order valence-electron chi connectivity index (χ3n) is 3.46. The van der Waals surface area contributed by atoms with Crippen LogP contribution in [0.2, 0.25) is 0 Å². The van der Waals surface area contributed by atoms with Gasteiger partial charge in [-0.05, 0) is 19.3 Å². The van der Waals surface area contributed by atoms with Gasteiger partial charge in [-0.15, -0.1) is 0 Å². The number of nitrogens with zero attached hydrogens (tertiary/aromatic N) is 1. The van der Waals surface area contributed by atoms with Crippen LogP contribution in [0.4, 0.5) is 8.78 Å². The first-order valence-electron chi connectivity index (χ1n) is 5.44. The number of likely N-dealkylation sites (tertiary alicyclic amines) is 1. The fourth-order valence-corrected chi connectivity index (χ4v) is 2.54. The Morgan fingerprint density at radius 1 is 1.14 bits per heavy atom. The second-order valence-electron chi connectivity index (χ2n) is 4.63. The van der Waals surface area contributed by atoms with Crippen molar-refractivity contribution in [2.75, 3.05) is 13.1 Å². The Morgan fingerprint density at radius 3 is 2.29 bits per heavy atom. The van der Waals surface area contributed by atoms with Crippen LogP contribution in [-0.4, -0.2) is 36.0 Å². The highest BCUT2D eigenvalue weighted by molar-refractivity contribution is 4.88. The predicted molar refractivity (Wildman–Crippen MR) is 51.4 cm³/mol. The fourth-order valence-electron chi connectivity index (χ4n) is 2.54. The van der Waals surface area contributed by atoms with Crippen molar-refractivity contribution in [3.63, 3.8) is 0 Å². The molecule has 2 aliphatic rings. The Morgan fingerprint density at radius 2 is 1.79 bits per heavy atom. The van der Waals surface area contributed by atoms with Gasteiger partial charge in [-0.2, -0.15) is 0 Å². The minimum absolute atomic E-state index is 0.0589. The van der Waals surface area contributed by atoms with Crippen LogP contribution in [0, 0.1) is 0 Å². The van der Waals surface area contributed by atoms with Gasteiger partial charge in [0.15, 0.2) is 0 Å². The van der Waals surface area contributed by atoms with E-state index in [-0.39, 0.29) is 18.9 Å². The molecule has 1 atom stereocenters. The van der Waals surface area contributed by atoms with Crippen molar-refractivity contribution in [2.45, 2.75) is 50.1 Å². The SMILES string of the molecule is NC1CCN(C2CCC(F)(F)CC2)C1. The maximum Gasteiger partial charge on any atom is 0.248 e. The maximum absolute atomic E-state index is 12.9. The summed E-state index contributed by atoms with van der Waals surface area (Å²) in [6.07, 6.45) is 2.42. The summed E-state index contributed by atoms with van der Waals surface area (Å²) in [7, 11) is 0. The summed E-state index contributed by atoms with van der Waals surface area (Å²) in [4.78, 5) is 2.29. The highest BCUT2D eigenvalue weighted by atomic mass is 19.3. The number of hydrogen-bond donors (Lipinski definition) is 1. The zero-order chi connectivity index (χ0) is 10.2. The van der Waals surface area contributed by atoms with Crippen LogP contribution in [0.15, 0.2) is 0 Å². The second kappa shape index (κ2) is 3.74. The molecule has 2 nitrogen and oxygen atoms in total. The molecular weight excluding hydrogens is 186 g/mol. The monoisotopic (exact) mass is 204 g/mol. The van der Waals surface area contributed by atoms with Crippen LogP contribution in [0.5, 0.6) is 0 Å². The van der Waals surface area contributed by atoms with Crippen LogP contribution in [-0.2, 0) is 0 Å². The van der Waals surface area contributed by atoms with Crippen molar-refractivity contribution in [1.82, 2.24) is 4.90 Å². The zero-order valence-corrected chi connectivity index (χ0v) is 8.38. The van der Waals surface area contributed by atoms with E-state index in [2.05, 4.69) is 4.90 Å². The molecule has 0 radical (unpaired) electrons. The Labute approximate surface area is 83.4 Å². The van der Waals surface area contributed by atoms with Gasteiger partial charge in [0, 0.05) is 38.0 Å². The van der Waals surface area contributed by atoms with E-state index in [1.807, 2.05) is 0 Å². The molecule has 2 fully saturated rings. The smallest absolute Gasteiger partial charge is 0.248 e. The largest absolute Gasteiger partial charge is 0.326 e. The lowest BCUT2D eigenvalue weighted by atomic mass is 9.91. The Hall–Kier alpha value is -0.220. The summed E-state index contributed by atoms with van der Waals surface area (Å²) < 4.78 is 25.8. The van der Waals surface area contributed by atoms with E-state index in [9.17, 15) is 8.78 Å². The lowest BCUT2D eigenvalue weighted by Gasteiger charge is -2.34. The average Bonchev–Trinajstić information content (AvgIpc) is 2.52. The summed E-state index contributed by atoms with van der Waals surface area (Å²) in [5, 5.41) is 0. The van der Waals surface area contributed by atoms with Gasteiger partial charge in [-0.25, -0.2) is 8.78 Å². The molecule has 1 aliphatic carbocycles. The molecule has 4 heteroatoms. The molecule has 14 heavy (non-hydrogen) atoms. The molecular formula is C10H18F2N2. The molecule has 1 saturated carbocycles. The highest BCUT2D eigenvalue weighted by Crippen LogP contribution is 2.35. The maximum atomic E-state index is 12.9. The fraction of sp³-hybridized carbons (Fsp3) is 1.00. The minimum atomic E-state index is -2.40. The second-order valence-corrected chi connectivity index (χ2v) is 4.63. The first-order valence-corrected chi connectivity index (χ1v) is 5.44. The normalized spacial score (nSPS) is 34.9. The number of hydrogen-bond acceptors (Lipinski definition) is 2. The highest BCUT2D eigenvalue weighted by Gasteiger charge is 2.38. The third-order valence-corrected chi connectivity index (χ3v) is 3.46. The number of nitrogens with two attached hydrogens (primary N) is 1. The quantitative estimate of drug-likeness (QED) is 0.703. The van der Waals surface area contributed by atoms with Gasteiger partial charge in [-0.1, -0.05) is 0 Å². The molecule has 0 aromatic carbocycles. The van der Waals surface area contributed by atoms with Gasteiger partial charge in [0.2, 0.25) is 5.92 Å². The van der Waals surface area contributed by atoms with E-state index in [4.69, 9.17) is 5.73 Å². The van der Waals surface area contributed by atoms with E-state index >= 15 is 0 Å². The molecule has 1 saturated heterocycles. The zero-order valence-electron chi connectivity index (χ0n) is 8.38. The summed E-state index contributed by atoms with van der Waals surface area (Å²) in [5.41, 5.74) is 5.80. The molecule has 1 heterocycles. The van der Waals surface area contributed by atoms with E-state index in [0.717, 1.165) is 19.5 Å². The predicted octanol–water partition coefficient (Wildman–Crippen LogP) is 1.60. The van der Waals surface area contributed by atoms with E-state index in [0.29, 0.717) is 18.9 Å². The number of alkyl halides is 2. The summed E-state index contributed by atoms with van der Waals surface area (Å²) in [6, 6.07) is 0.626. The standard InChI is InChI=1S/C10H18F2N2/c11-10(12)4-1-9(2-5-10)14-6-3-8(13)7-14/h8-9H,1-7,13H2. The van der Waals surface area contributed by atoms with Gasteiger partial charge in [0.1, 0.15) is 0 Å². The summed E-state index contributed by atoms with van der Waals surface area (Å²) in [5.74, 6) is -2.40. The Balaban J connectivity index is 1.83. The van der Waals surface area contributed by atoms with Gasteiger partial charge in [0.25, 0.3) is 0 Å². The average molecular weight is 204 g/mol. The Kier molecular flexibility index (Phi) is 2.75. The van der Waals surface area contributed by atoms with E-state index in [1.165, 1.54) is 0 Å². The van der Waals surface area contributed by atoms with Gasteiger partial charge in [0.05, 0.1) is 0 Å². The molecule has 2 N–H and O–H groups in total. The van der Waals surface area contributed by atoms with Crippen molar-refractivity contribution in [3.05, 3.63) is 0 Å². The summed E-state index contributed by atoms with van der Waals surface area (Å²) >= 11 is 0. The molecule has 0 bridgehead atoms. The van der Waals surface area contributed by atoms with Crippen LogP contribution < -0.4 is 5.73 Å². The van der Waals surface area contributed by atoms with E-state index < -0.39 is 5.92 Å². The van der Waals surface area contributed by atoms with Crippen LogP contribution in [0.25, 0.3) is 0 Å². The summed E-state index contributed by atoms with van der Waals surface area (Å²) in [6.45, 7) is 1.90. The lowest BCUT2D eigenvalue weighted by Crippen LogP contribution is -2.40. The number of rotatable bonds is 1.